The van der Waals surface area contributed by atoms with Gasteiger partial charge in [-0.15, -0.1) is 0 Å². The van der Waals surface area contributed by atoms with Crippen molar-refractivity contribution in [2.24, 2.45) is 0 Å². The molecule has 0 amide bonds. The third kappa shape index (κ3) is 6.64. The molecule has 0 heterocycles. The number of rotatable bonds is 9. The maximum Gasteiger partial charge on any atom is 0.0914 e. The summed E-state index contributed by atoms with van der Waals surface area (Å²) < 4.78 is 0. The van der Waals surface area contributed by atoms with Crippen molar-refractivity contribution in [3.63, 3.8) is 0 Å². The van der Waals surface area contributed by atoms with E-state index in [9.17, 15) is 5.11 Å². The van der Waals surface area contributed by atoms with E-state index in [0.29, 0.717) is 11.6 Å². The fourth-order valence-electron chi connectivity index (χ4n) is 1.71. The van der Waals surface area contributed by atoms with Gasteiger partial charge in [-0.05, 0) is 49.1 Å². The van der Waals surface area contributed by atoms with Crippen LogP contribution < -0.4 is 5.32 Å². The molecule has 1 atom stereocenters. The van der Waals surface area contributed by atoms with E-state index in [2.05, 4.69) is 11.6 Å². The van der Waals surface area contributed by atoms with Crippen LogP contribution in [-0.2, 0) is 0 Å². The maximum atomic E-state index is 9.94. The molecule has 2 nitrogen and oxygen atoms in total. The molecule has 0 saturated carbocycles. The molecule has 0 aromatic heterocycles. The molecular weight excluding hydrogens is 266 g/mol. The second-order valence-electron chi connectivity index (χ2n) is 4.32. The van der Waals surface area contributed by atoms with E-state index < -0.39 is 6.10 Å². The zero-order chi connectivity index (χ0) is 13.2. The van der Waals surface area contributed by atoms with Gasteiger partial charge in [-0.25, -0.2) is 0 Å². The van der Waals surface area contributed by atoms with Crippen LogP contribution in [0.3, 0.4) is 0 Å². The molecule has 1 aromatic rings. The van der Waals surface area contributed by atoms with Gasteiger partial charge in [0.05, 0.1) is 6.10 Å². The SMILES string of the molecule is CSCCCCCNCC(O)c1ccc(Cl)cc1. The standard InChI is InChI=1S/C14H22ClNOS/c1-18-10-4-2-3-9-16-11-14(17)12-5-7-13(15)8-6-12/h5-8,14,16-17H,2-4,9-11H2,1H3. The van der Waals surface area contributed by atoms with E-state index in [1.807, 2.05) is 36.0 Å². The van der Waals surface area contributed by atoms with Gasteiger partial charge in [0.15, 0.2) is 0 Å². The van der Waals surface area contributed by atoms with Crippen molar-refractivity contribution in [3.05, 3.63) is 34.9 Å². The first-order valence-electron chi connectivity index (χ1n) is 6.37. The number of halogens is 1. The van der Waals surface area contributed by atoms with Gasteiger partial charge in [0, 0.05) is 11.6 Å². The highest BCUT2D eigenvalue weighted by Crippen LogP contribution is 2.15. The third-order valence-electron chi connectivity index (χ3n) is 2.79. The molecule has 0 aliphatic heterocycles. The van der Waals surface area contributed by atoms with Crippen LogP contribution in [0, 0.1) is 0 Å². The van der Waals surface area contributed by atoms with Crippen LogP contribution in [0.25, 0.3) is 0 Å². The van der Waals surface area contributed by atoms with E-state index in [-0.39, 0.29) is 0 Å². The number of unbranched alkanes of at least 4 members (excludes halogenated alkanes) is 2. The molecule has 2 N–H and O–H groups in total. The van der Waals surface area contributed by atoms with Gasteiger partial charge >= 0.3 is 0 Å². The van der Waals surface area contributed by atoms with E-state index in [0.717, 1.165) is 12.1 Å². The Morgan fingerprint density at radius 2 is 1.94 bits per heavy atom. The molecule has 0 saturated heterocycles. The maximum absolute atomic E-state index is 9.94. The second-order valence-corrected chi connectivity index (χ2v) is 5.75. The van der Waals surface area contributed by atoms with Crippen LogP contribution in [0.5, 0.6) is 0 Å². The molecule has 0 aliphatic rings. The predicted octanol–water partition coefficient (Wildman–Crippen LogP) is 3.50. The molecule has 0 aliphatic carbocycles. The summed E-state index contributed by atoms with van der Waals surface area (Å²) in [4.78, 5) is 0. The molecule has 0 fully saturated rings. The Morgan fingerprint density at radius 1 is 1.22 bits per heavy atom. The second kappa shape index (κ2) is 9.68. The Bertz CT molecular complexity index is 318. The zero-order valence-electron chi connectivity index (χ0n) is 10.9. The number of nitrogens with one attached hydrogen (secondary N) is 1. The number of thioether (sulfide) groups is 1. The average Bonchev–Trinajstić information content (AvgIpc) is 2.38. The molecular formula is C14H22ClNOS. The third-order valence-corrected chi connectivity index (χ3v) is 3.74. The van der Waals surface area contributed by atoms with Gasteiger partial charge in [0.1, 0.15) is 0 Å². The number of hydrogen-bond donors (Lipinski definition) is 2. The van der Waals surface area contributed by atoms with Crippen LogP contribution in [-0.4, -0.2) is 30.2 Å². The van der Waals surface area contributed by atoms with Crippen molar-refractivity contribution < 1.29 is 5.11 Å². The summed E-state index contributed by atoms with van der Waals surface area (Å²) in [5.74, 6) is 1.24. The lowest BCUT2D eigenvalue weighted by Gasteiger charge is -2.12. The molecule has 1 rings (SSSR count). The molecule has 18 heavy (non-hydrogen) atoms. The minimum Gasteiger partial charge on any atom is -0.387 e. The van der Waals surface area contributed by atoms with E-state index in [1.54, 1.807) is 0 Å². The van der Waals surface area contributed by atoms with E-state index in [1.165, 1.54) is 25.0 Å². The Kier molecular flexibility index (Phi) is 8.51. The highest BCUT2D eigenvalue weighted by atomic mass is 35.5. The van der Waals surface area contributed by atoms with E-state index in [4.69, 9.17) is 11.6 Å². The summed E-state index contributed by atoms with van der Waals surface area (Å²) in [6.07, 6.45) is 5.40. The van der Waals surface area contributed by atoms with Crippen molar-refractivity contribution in [1.82, 2.24) is 5.32 Å². The minimum atomic E-state index is -0.450. The van der Waals surface area contributed by atoms with Gasteiger partial charge in [-0.3, -0.25) is 0 Å². The topological polar surface area (TPSA) is 32.3 Å². The van der Waals surface area contributed by atoms with Crippen LogP contribution in [0.2, 0.25) is 5.02 Å². The smallest absolute Gasteiger partial charge is 0.0914 e. The van der Waals surface area contributed by atoms with Gasteiger partial charge in [-0.2, -0.15) is 11.8 Å². The number of aliphatic hydroxyl groups is 1. The summed E-state index contributed by atoms with van der Waals surface area (Å²) >= 11 is 7.70. The normalized spacial score (nSPS) is 12.6. The first kappa shape index (κ1) is 15.8. The van der Waals surface area contributed by atoms with Crippen molar-refractivity contribution in [2.75, 3.05) is 25.1 Å². The average molecular weight is 288 g/mol. The lowest BCUT2D eigenvalue weighted by atomic mass is 10.1. The first-order chi connectivity index (χ1) is 8.74. The first-order valence-corrected chi connectivity index (χ1v) is 8.14. The molecule has 1 unspecified atom stereocenters. The minimum absolute atomic E-state index is 0.450. The molecule has 1 aromatic carbocycles. The van der Waals surface area contributed by atoms with Crippen LogP contribution in [0.15, 0.2) is 24.3 Å². The summed E-state index contributed by atoms with van der Waals surface area (Å²) in [6.45, 7) is 1.57. The van der Waals surface area contributed by atoms with E-state index >= 15 is 0 Å². The molecule has 0 spiro atoms. The van der Waals surface area contributed by atoms with Crippen molar-refractivity contribution >= 4 is 23.4 Å². The summed E-state index contributed by atoms with van der Waals surface area (Å²) in [6, 6.07) is 7.35. The highest BCUT2D eigenvalue weighted by Gasteiger charge is 2.06. The Balaban J connectivity index is 2.10. The lowest BCUT2D eigenvalue weighted by molar-refractivity contribution is 0.174. The Labute approximate surface area is 119 Å². The van der Waals surface area contributed by atoms with Gasteiger partial charge in [0.25, 0.3) is 0 Å². The van der Waals surface area contributed by atoms with Gasteiger partial charge in [0.2, 0.25) is 0 Å². The summed E-state index contributed by atoms with van der Waals surface area (Å²) in [5.41, 5.74) is 0.911. The van der Waals surface area contributed by atoms with Crippen LogP contribution in [0.4, 0.5) is 0 Å². The Hall–Kier alpha value is -0.220. The summed E-state index contributed by atoms with van der Waals surface area (Å²) in [7, 11) is 0. The fourth-order valence-corrected chi connectivity index (χ4v) is 2.33. The van der Waals surface area contributed by atoms with Crippen molar-refractivity contribution in [2.45, 2.75) is 25.4 Å². The van der Waals surface area contributed by atoms with Crippen molar-refractivity contribution in [1.29, 1.82) is 0 Å². The molecule has 102 valence electrons. The monoisotopic (exact) mass is 287 g/mol. The van der Waals surface area contributed by atoms with Crippen molar-refractivity contribution in [3.8, 4) is 0 Å². The number of hydrogen-bond acceptors (Lipinski definition) is 3. The number of benzene rings is 1. The fraction of sp³-hybridized carbons (Fsp3) is 0.571. The van der Waals surface area contributed by atoms with Gasteiger partial charge in [-0.1, -0.05) is 30.2 Å². The number of aliphatic hydroxyl groups excluding tert-OH is 1. The molecule has 0 radical (unpaired) electrons. The zero-order valence-corrected chi connectivity index (χ0v) is 12.4. The highest BCUT2D eigenvalue weighted by molar-refractivity contribution is 7.98. The predicted molar refractivity (Wildman–Crippen MR) is 81.5 cm³/mol. The van der Waals surface area contributed by atoms with Gasteiger partial charge < -0.3 is 10.4 Å². The largest absolute Gasteiger partial charge is 0.387 e. The van der Waals surface area contributed by atoms with Crippen LogP contribution >= 0.6 is 23.4 Å². The summed E-state index contributed by atoms with van der Waals surface area (Å²) in [5, 5.41) is 13.9. The lowest BCUT2D eigenvalue weighted by Crippen LogP contribution is -2.22. The Morgan fingerprint density at radius 3 is 2.61 bits per heavy atom. The molecule has 0 bridgehead atoms. The molecule has 4 heteroatoms. The van der Waals surface area contributed by atoms with Crippen LogP contribution in [0.1, 0.15) is 30.9 Å². The quantitative estimate of drug-likeness (QED) is 0.682.